The van der Waals surface area contributed by atoms with Crippen LogP contribution in [0, 0.1) is 0 Å². The zero-order valence-corrected chi connectivity index (χ0v) is 19.4. The molecule has 32 heavy (non-hydrogen) atoms. The first-order chi connectivity index (χ1) is 15.5. The van der Waals surface area contributed by atoms with Crippen molar-refractivity contribution in [3.63, 3.8) is 0 Å². The Balaban J connectivity index is 1.90. The second kappa shape index (κ2) is 13.2. The van der Waals surface area contributed by atoms with Crippen molar-refractivity contribution in [2.75, 3.05) is 26.9 Å². The predicted molar refractivity (Wildman–Crippen MR) is 125 cm³/mol. The van der Waals surface area contributed by atoms with E-state index < -0.39 is 0 Å². The van der Waals surface area contributed by atoms with Gasteiger partial charge in [0.1, 0.15) is 5.75 Å². The molecule has 0 bridgehead atoms. The number of ether oxygens (including phenoxy) is 3. The third-order valence-electron chi connectivity index (χ3n) is 4.76. The Kier molecular flexibility index (Phi) is 10.4. The largest absolute Gasteiger partial charge is 0.496 e. The lowest BCUT2D eigenvalue weighted by molar-refractivity contribution is -0.121. The zero-order chi connectivity index (χ0) is 23.3. The SMILES string of the molecule is CCCOc1ccc(C(C)NC(=O)CCNC(=O)c2ccccc2OC)cc1OCCC. The molecule has 7 nitrogen and oxygen atoms in total. The van der Waals surface area contributed by atoms with Gasteiger partial charge in [0, 0.05) is 13.0 Å². The minimum absolute atomic E-state index is 0.153. The Morgan fingerprint density at radius 1 is 0.938 bits per heavy atom. The maximum absolute atomic E-state index is 12.4. The van der Waals surface area contributed by atoms with Crippen LogP contribution in [-0.2, 0) is 4.79 Å². The quantitative estimate of drug-likeness (QED) is 0.484. The number of nitrogens with one attached hydrogen (secondary N) is 2. The van der Waals surface area contributed by atoms with E-state index in [0.29, 0.717) is 36.0 Å². The number of hydrogen-bond donors (Lipinski definition) is 2. The molecule has 0 aliphatic heterocycles. The third kappa shape index (κ3) is 7.48. The molecule has 2 N–H and O–H groups in total. The van der Waals surface area contributed by atoms with Crippen molar-refractivity contribution < 1.29 is 23.8 Å². The molecule has 0 saturated carbocycles. The summed E-state index contributed by atoms with van der Waals surface area (Å²) in [6.45, 7) is 7.46. The minimum atomic E-state index is -0.274. The molecule has 2 aromatic rings. The summed E-state index contributed by atoms with van der Waals surface area (Å²) in [5.41, 5.74) is 1.36. The van der Waals surface area contributed by atoms with Gasteiger partial charge in [0.2, 0.25) is 5.91 Å². The molecular formula is C25H34N2O5. The van der Waals surface area contributed by atoms with E-state index in [9.17, 15) is 9.59 Å². The molecule has 2 rings (SSSR count). The highest BCUT2D eigenvalue weighted by Crippen LogP contribution is 2.31. The lowest BCUT2D eigenvalue weighted by Crippen LogP contribution is -2.32. The molecule has 174 valence electrons. The molecule has 0 aromatic heterocycles. The van der Waals surface area contributed by atoms with E-state index >= 15 is 0 Å². The molecule has 0 fully saturated rings. The summed E-state index contributed by atoms with van der Waals surface area (Å²) in [7, 11) is 1.52. The van der Waals surface area contributed by atoms with Gasteiger partial charge in [-0.15, -0.1) is 0 Å². The molecule has 0 heterocycles. The van der Waals surface area contributed by atoms with Crippen LogP contribution in [0.5, 0.6) is 17.2 Å². The van der Waals surface area contributed by atoms with Gasteiger partial charge in [0.25, 0.3) is 5.91 Å². The highest BCUT2D eigenvalue weighted by molar-refractivity contribution is 5.97. The van der Waals surface area contributed by atoms with Crippen molar-refractivity contribution in [2.45, 2.75) is 46.1 Å². The lowest BCUT2D eigenvalue weighted by Gasteiger charge is -2.18. The Morgan fingerprint density at radius 2 is 1.62 bits per heavy atom. The average Bonchev–Trinajstić information content (AvgIpc) is 2.81. The van der Waals surface area contributed by atoms with Gasteiger partial charge in [-0.2, -0.15) is 0 Å². The highest BCUT2D eigenvalue weighted by atomic mass is 16.5. The van der Waals surface area contributed by atoms with Crippen molar-refractivity contribution >= 4 is 11.8 Å². The third-order valence-corrected chi connectivity index (χ3v) is 4.76. The molecule has 2 amide bonds. The zero-order valence-electron chi connectivity index (χ0n) is 19.4. The van der Waals surface area contributed by atoms with Crippen molar-refractivity contribution in [1.82, 2.24) is 10.6 Å². The van der Waals surface area contributed by atoms with Gasteiger partial charge in [-0.3, -0.25) is 9.59 Å². The molecule has 1 unspecified atom stereocenters. The van der Waals surface area contributed by atoms with Gasteiger partial charge < -0.3 is 24.8 Å². The Morgan fingerprint density at radius 3 is 2.31 bits per heavy atom. The summed E-state index contributed by atoms with van der Waals surface area (Å²) in [5, 5.41) is 5.73. The summed E-state index contributed by atoms with van der Waals surface area (Å²) in [4.78, 5) is 24.7. The second-order valence-electron chi connectivity index (χ2n) is 7.40. The fourth-order valence-corrected chi connectivity index (χ4v) is 3.06. The molecule has 7 heteroatoms. The standard InChI is InChI=1S/C25H34N2O5/c1-5-15-31-22-12-11-19(17-23(22)32-16-6-2)18(3)27-24(28)13-14-26-25(29)20-9-7-8-10-21(20)30-4/h7-12,17-18H,5-6,13-16H2,1-4H3,(H,26,29)(H,27,28). The monoisotopic (exact) mass is 442 g/mol. The number of para-hydroxylation sites is 1. The highest BCUT2D eigenvalue weighted by Gasteiger charge is 2.15. The Bertz CT molecular complexity index is 884. The van der Waals surface area contributed by atoms with E-state index in [0.717, 1.165) is 18.4 Å². The molecule has 0 aliphatic carbocycles. The normalized spacial score (nSPS) is 11.4. The van der Waals surface area contributed by atoms with Crippen LogP contribution in [0.4, 0.5) is 0 Å². The number of rotatable bonds is 13. The number of carbonyl (C=O) groups is 2. The number of carbonyl (C=O) groups excluding carboxylic acids is 2. The Labute approximate surface area is 190 Å². The van der Waals surface area contributed by atoms with Crippen LogP contribution >= 0.6 is 0 Å². The first kappa shape index (κ1) is 25.0. The summed E-state index contributed by atoms with van der Waals surface area (Å²) in [6.07, 6.45) is 1.97. The first-order valence-corrected chi connectivity index (χ1v) is 11.1. The van der Waals surface area contributed by atoms with Gasteiger partial charge >= 0.3 is 0 Å². The summed E-state index contributed by atoms with van der Waals surface area (Å²) >= 11 is 0. The molecule has 0 radical (unpaired) electrons. The average molecular weight is 443 g/mol. The molecule has 0 saturated heterocycles. The number of methoxy groups -OCH3 is 1. The molecule has 0 aliphatic rings. The van der Waals surface area contributed by atoms with E-state index in [4.69, 9.17) is 14.2 Å². The first-order valence-electron chi connectivity index (χ1n) is 11.1. The van der Waals surface area contributed by atoms with Gasteiger partial charge in [0.15, 0.2) is 11.5 Å². The van der Waals surface area contributed by atoms with E-state index in [1.54, 1.807) is 24.3 Å². The van der Waals surface area contributed by atoms with Gasteiger partial charge in [-0.25, -0.2) is 0 Å². The van der Waals surface area contributed by atoms with Gasteiger partial charge in [-0.1, -0.05) is 32.0 Å². The van der Waals surface area contributed by atoms with Crippen LogP contribution in [0.1, 0.15) is 62.0 Å². The van der Waals surface area contributed by atoms with Gasteiger partial charge in [0.05, 0.1) is 31.9 Å². The molecular weight excluding hydrogens is 408 g/mol. The smallest absolute Gasteiger partial charge is 0.255 e. The fourth-order valence-electron chi connectivity index (χ4n) is 3.06. The lowest BCUT2D eigenvalue weighted by atomic mass is 10.1. The maximum Gasteiger partial charge on any atom is 0.255 e. The van der Waals surface area contributed by atoms with Crippen LogP contribution in [0.2, 0.25) is 0 Å². The van der Waals surface area contributed by atoms with Crippen molar-refractivity contribution in [3.8, 4) is 17.2 Å². The minimum Gasteiger partial charge on any atom is -0.496 e. The summed E-state index contributed by atoms with van der Waals surface area (Å²) < 4.78 is 16.8. The second-order valence-corrected chi connectivity index (χ2v) is 7.40. The van der Waals surface area contributed by atoms with E-state index in [2.05, 4.69) is 17.6 Å². The van der Waals surface area contributed by atoms with E-state index in [1.807, 2.05) is 32.0 Å². The topological polar surface area (TPSA) is 85.9 Å². The van der Waals surface area contributed by atoms with Crippen LogP contribution in [0.25, 0.3) is 0 Å². The maximum atomic E-state index is 12.4. The number of benzene rings is 2. The number of hydrogen-bond acceptors (Lipinski definition) is 5. The van der Waals surface area contributed by atoms with Crippen LogP contribution in [0.3, 0.4) is 0 Å². The predicted octanol–water partition coefficient (Wildman–Crippen LogP) is 4.27. The van der Waals surface area contributed by atoms with Crippen molar-refractivity contribution in [3.05, 3.63) is 53.6 Å². The van der Waals surface area contributed by atoms with E-state index in [-0.39, 0.29) is 30.8 Å². The molecule has 1 atom stereocenters. The summed E-state index contributed by atoms with van der Waals surface area (Å²) in [6, 6.07) is 12.5. The number of amides is 2. The van der Waals surface area contributed by atoms with Crippen LogP contribution in [0.15, 0.2) is 42.5 Å². The van der Waals surface area contributed by atoms with Crippen molar-refractivity contribution in [1.29, 1.82) is 0 Å². The summed E-state index contributed by atoms with van der Waals surface area (Å²) in [5.74, 6) is 1.46. The van der Waals surface area contributed by atoms with Crippen molar-refractivity contribution in [2.24, 2.45) is 0 Å². The van der Waals surface area contributed by atoms with Crippen LogP contribution in [-0.4, -0.2) is 38.7 Å². The molecule has 2 aromatic carbocycles. The van der Waals surface area contributed by atoms with Crippen LogP contribution < -0.4 is 24.8 Å². The molecule has 0 spiro atoms. The fraction of sp³-hybridized carbons (Fsp3) is 0.440. The Hall–Kier alpha value is -3.22. The van der Waals surface area contributed by atoms with Gasteiger partial charge in [-0.05, 0) is 49.6 Å². The van der Waals surface area contributed by atoms with E-state index in [1.165, 1.54) is 7.11 Å².